The van der Waals surface area contributed by atoms with Crippen molar-refractivity contribution in [2.24, 2.45) is 5.92 Å². The van der Waals surface area contributed by atoms with E-state index in [1.165, 1.54) is 12.8 Å². The molecule has 3 unspecified atom stereocenters. The first-order valence-corrected chi connectivity index (χ1v) is 9.64. The summed E-state index contributed by atoms with van der Waals surface area (Å²) in [5.41, 5.74) is 0.770. The second-order valence-electron chi connectivity index (χ2n) is 7.75. The number of nitrogens with zero attached hydrogens (tertiary/aromatic N) is 1. The maximum atomic E-state index is 12.8. The number of methoxy groups -OCH3 is 1. The van der Waals surface area contributed by atoms with Crippen LogP contribution in [0.25, 0.3) is 0 Å². The molecule has 0 saturated carbocycles. The molecule has 0 radical (unpaired) electrons. The molecule has 6 heteroatoms. The van der Waals surface area contributed by atoms with Gasteiger partial charge < -0.3 is 20.3 Å². The van der Waals surface area contributed by atoms with Gasteiger partial charge >= 0.3 is 0 Å². The number of benzene rings is 1. The number of hydrogen-bond donors (Lipinski definition) is 2. The number of carbonyl (C=O) groups is 2. The molecular formula is C20H27N3O3. The average Bonchev–Trinajstić information content (AvgIpc) is 3.17. The van der Waals surface area contributed by atoms with Gasteiger partial charge in [0.05, 0.1) is 12.8 Å². The average molecular weight is 357 g/mol. The predicted octanol–water partition coefficient (Wildman–Crippen LogP) is 1.84. The number of fused-ring (bicyclic) bond motifs is 2. The quantitative estimate of drug-likeness (QED) is 0.844. The van der Waals surface area contributed by atoms with Gasteiger partial charge in [-0.15, -0.1) is 0 Å². The molecule has 2 N–H and O–H groups in total. The summed E-state index contributed by atoms with van der Waals surface area (Å²) in [6, 6.07) is 8.25. The van der Waals surface area contributed by atoms with Crippen LogP contribution in [-0.2, 0) is 9.59 Å². The summed E-state index contributed by atoms with van der Waals surface area (Å²) in [7, 11) is 1.60. The summed E-state index contributed by atoms with van der Waals surface area (Å²) in [4.78, 5) is 27.0. The maximum Gasteiger partial charge on any atom is 0.249 e. The third-order valence-electron chi connectivity index (χ3n) is 5.96. The van der Waals surface area contributed by atoms with Crippen LogP contribution in [0.4, 0.5) is 5.69 Å². The Hall–Kier alpha value is -2.08. The molecule has 6 nitrogen and oxygen atoms in total. The van der Waals surface area contributed by atoms with Crippen molar-refractivity contribution in [3.8, 4) is 5.75 Å². The molecule has 2 bridgehead atoms. The molecule has 0 spiro atoms. The molecule has 0 aromatic heterocycles. The molecule has 1 aromatic rings. The van der Waals surface area contributed by atoms with Gasteiger partial charge in [0.1, 0.15) is 11.8 Å². The largest absolute Gasteiger partial charge is 0.495 e. The fourth-order valence-electron chi connectivity index (χ4n) is 4.76. The van der Waals surface area contributed by atoms with Crippen molar-refractivity contribution < 1.29 is 14.3 Å². The zero-order valence-electron chi connectivity index (χ0n) is 15.2. The number of nitrogens with one attached hydrogen (secondary N) is 2. The molecule has 0 aliphatic carbocycles. The second kappa shape index (κ2) is 7.27. The zero-order valence-corrected chi connectivity index (χ0v) is 15.2. The number of ether oxygens (including phenoxy) is 1. The molecule has 3 fully saturated rings. The first-order chi connectivity index (χ1) is 12.6. The summed E-state index contributed by atoms with van der Waals surface area (Å²) in [5, 5.41) is 6.58. The lowest BCUT2D eigenvalue weighted by Crippen LogP contribution is -2.44. The minimum absolute atomic E-state index is 0.0107. The number of para-hydroxylation sites is 2. The van der Waals surface area contributed by atoms with Gasteiger partial charge in [0.25, 0.3) is 0 Å². The molecule has 140 valence electrons. The lowest BCUT2D eigenvalue weighted by Gasteiger charge is -2.28. The Bertz CT molecular complexity index is 681. The van der Waals surface area contributed by atoms with Crippen molar-refractivity contribution in [3.63, 3.8) is 0 Å². The maximum absolute atomic E-state index is 12.8. The molecule has 3 atom stereocenters. The molecule has 3 aliphatic heterocycles. The molecule has 3 aliphatic rings. The molecule has 2 amide bonds. The fraction of sp³-hybridized carbons (Fsp3) is 0.600. The van der Waals surface area contributed by atoms with E-state index in [1.807, 2.05) is 24.3 Å². The Labute approximate surface area is 154 Å². The summed E-state index contributed by atoms with van der Waals surface area (Å²) < 4.78 is 5.36. The van der Waals surface area contributed by atoms with Gasteiger partial charge in [0.15, 0.2) is 0 Å². The highest BCUT2D eigenvalue weighted by molar-refractivity contribution is 6.02. The van der Waals surface area contributed by atoms with E-state index in [0.29, 0.717) is 43.1 Å². The van der Waals surface area contributed by atoms with E-state index in [4.69, 9.17) is 4.74 Å². The van der Waals surface area contributed by atoms with E-state index in [-0.39, 0.29) is 11.8 Å². The second-order valence-corrected chi connectivity index (χ2v) is 7.75. The number of hydrogen-bond acceptors (Lipinski definition) is 4. The van der Waals surface area contributed by atoms with Crippen molar-refractivity contribution in [1.29, 1.82) is 0 Å². The number of piperidine rings is 1. The summed E-state index contributed by atoms with van der Waals surface area (Å²) >= 11 is 0. The first-order valence-electron chi connectivity index (χ1n) is 9.64. The van der Waals surface area contributed by atoms with Gasteiger partial charge in [-0.3, -0.25) is 9.59 Å². The van der Waals surface area contributed by atoms with Gasteiger partial charge in [0.2, 0.25) is 11.8 Å². The number of carbonyl (C=O) groups excluding carboxylic acids is 2. The van der Waals surface area contributed by atoms with Crippen molar-refractivity contribution in [2.75, 3.05) is 18.6 Å². The van der Waals surface area contributed by atoms with Crippen molar-refractivity contribution >= 4 is 17.5 Å². The molecule has 26 heavy (non-hydrogen) atoms. The summed E-state index contributed by atoms with van der Waals surface area (Å²) in [5.74, 6) is 1.08. The monoisotopic (exact) mass is 357 g/mol. The number of rotatable bonds is 5. The normalized spacial score (nSPS) is 30.5. The SMILES string of the molecule is COc1ccccc1N1CCC(NC(=O)CC2CC3CCC(C2)N3)C1=O. The van der Waals surface area contributed by atoms with E-state index in [9.17, 15) is 9.59 Å². The lowest BCUT2D eigenvalue weighted by atomic mass is 9.89. The van der Waals surface area contributed by atoms with Crippen molar-refractivity contribution in [2.45, 2.75) is 56.7 Å². The van der Waals surface area contributed by atoms with Crippen LogP contribution in [0.1, 0.15) is 38.5 Å². The minimum atomic E-state index is -0.425. The first kappa shape index (κ1) is 17.3. The Morgan fingerprint density at radius 3 is 2.69 bits per heavy atom. The molecule has 3 saturated heterocycles. The summed E-state index contributed by atoms with van der Waals surface area (Å²) in [6.07, 6.45) is 5.80. The van der Waals surface area contributed by atoms with E-state index >= 15 is 0 Å². The van der Waals surface area contributed by atoms with E-state index in [0.717, 1.165) is 18.5 Å². The van der Waals surface area contributed by atoms with E-state index < -0.39 is 6.04 Å². The number of amides is 2. The Kier molecular flexibility index (Phi) is 4.85. The van der Waals surface area contributed by atoms with Crippen LogP contribution < -0.4 is 20.3 Å². The highest BCUT2D eigenvalue weighted by Crippen LogP contribution is 2.33. The van der Waals surface area contributed by atoms with Gasteiger partial charge in [-0.25, -0.2) is 0 Å². The van der Waals surface area contributed by atoms with E-state index in [2.05, 4.69) is 10.6 Å². The Morgan fingerprint density at radius 1 is 1.23 bits per heavy atom. The molecule has 1 aromatic carbocycles. The van der Waals surface area contributed by atoms with Crippen LogP contribution in [0.3, 0.4) is 0 Å². The minimum Gasteiger partial charge on any atom is -0.495 e. The van der Waals surface area contributed by atoms with Crippen LogP contribution in [0.2, 0.25) is 0 Å². The lowest BCUT2D eigenvalue weighted by molar-refractivity contribution is -0.127. The van der Waals surface area contributed by atoms with Gasteiger partial charge in [0, 0.05) is 25.0 Å². The highest BCUT2D eigenvalue weighted by atomic mass is 16.5. The van der Waals surface area contributed by atoms with Gasteiger partial charge in [-0.1, -0.05) is 12.1 Å². The Morgan fingerprint density at radius 2 is 1.96 bits per heavy atom. The van der Waals surface area contributed by atoms with Crippen LogP contribution in [0, 0.1) is 5.92 Å². The zero-order chi connectivity index (χ0) is 18.1. The third-order valence-corrected chi connectivity index (χ3v) is 5.96. The van der Waals surface area contributed by atoms with Crippen LogP contribution in [-0.4, -0.2) is 43.6 Å². The van der Waals surface area contributed by atoms with Gasteiger partial charge in [-0.05, 0) is 50.2 Å². The summed E-state index contributed by atoms with van der Waals surface area (Å²) in [6.45, 7) is 0.599. The van der Waals surface area contributed by atoms with Gasteiger partial charge in [-0.2, -0.15) is 0 Å². The Balaban J connectivity index is 1.34. The molecular weight excluding hydrogens is 330 g/mol. The standard InChI is InChI=1S/C20H27N3O3/c1-26-18-5-3-2-4-17(18)23-9-8-16(20(23)25)22-19(24)12-13-10-14-6-7-15(11-13)21-14/h2-5,13-16,21H,6-12H2,1H3,(H,22,24). The molecule has 3 heterocycles. The van der Waals surface area contributed by atoms with Crippen molar-refractivity contribution in [3.05, 3.63) is 24.3 Å². The third kappa shape index (κ3) is 3.43. The fourth-order valence-corrected chi connectivity index (χ4v) is 4.76. The van der Waals surface area contributed by atoms with Crippen LogP contribution in [0.5, 0.6) is 5.75 Å². The highest BCUT2D eigenvalue weighted by Gasteiger charge is 2.37. The number of anilines is 1. The van der Waals surface area contributed by atoms with Crippen LogP contribution >= 0.6 is 0 Å². The van der Waals surface area contributed by atoms with Crippen molar-refractivity contribution in [1.82, 2.24) is 10.6 Å². The van der Waals surface area contributed by atoms with E-state index in [1.54, 1.807) is 12.0 Å². The van der Waals surface area contributed by atoms with Crippen LogP contribution in [0.15, 0.2) is 24.3 Å². The topological polar surface area (TPSA) is 70.7 Å². The predicted molar refractivity (Wildman–Crippen MR) is 99.2 cm³/mol. The smallest absolute Gasteiger partial charge is 0.249 e. The molecule has 4 rings (SSSR count).